The van der Waals surface area contributed by atoms with Crippen LogP contribution in [-0.4, -0.2) is 24.7 Å². The Morgan fingerprint density at radius 2 is 1.61 bits per heavy atom. The quantitative estimate of drug-likeness (QED) is 0.252. The van der Waals surface area contributed by atoms with Gasteiger partial charge >= 0.3 is 5.97 Å². The molecule has 0 unspecified atom stereocenters. The molecule has 7 heteroatoms. The zero-order valence-electron chi connectivity index (χ0n) is 17.1. The number of hydrogen-bond acceptors (Lipinski definition) is 5. The maximum atomic E-state index is 12.1. The third-order valence-electron chi connectivity index (χ3n) is 4.33. The number of nitrogens with zero attached hydrogens (tertiary/aromatic N) is 1. The van der Waals surface area contributed by atoms with E-state index in [0.717, 1.165) is 16.7 Å². The van der Waals surface area contributed by atoms with Gasteiger partial charge in [0.05, 0.1) is 11.8 Å². The summed E-state index contributed by atoms with van der Waals surface area (Å²) >= 11 is 5.82. The first-order chi connectivity index (χ1) is 14.9. The number of carbonyl (C=O) groups excluding carboxylic acids is 2. The van der Waals surface area contributed by atoms with Crippen molar-refractivity contribution >= 4 is 29.7 Å². The van der Waals surface area contributed by atoms with Crippen LogP contribution in [0.4, 0.5) is 0 Å². The van der Waals surface area contributed by atoms with E-state index in [1.807, 2.05) is 32.0 Å². The van der Waals surface area contributed by atoms with Crippen molar-refractivity contribution in [1.82, 2.24) is 5.43 Å². The molecule has 0 aliphatic carbocycles. The van der Waals surface area contributed by atoms with Crippen molar-refractivity contribution < 1.29 is 19.1 Å². The predicted octanol–water partition coefficient (Wildman–Crippen LogP) is 4.71. The molecule has 3 rings (SSSR count). The fraction of sp³-hybridized carbons (Fsp3) is 0.125. The van der Waals surface area contributed by atoms with Crippen molar-refractivity contribution in [3.63, 3.8) is 0 Å². The Balaban J connectivity index is 1.48. The second-order valence-corrected chi connectivity index (χ2v) is 7.20. The summed E-state index contributed by atoms with van der Waals surface area (Å²) in [6, 6.07) is 18.9. The predicted molar refractivity (Wildman–Crippen MR) is 120 cm³/mol. The molecule has 0 saturated heterocycles. The first-order valence-corrected chi connectivity index (χ1v) is 9.89. The first kappa shape index (κ1) is 22.1. The summed E-state index contributed by atoms with van der Waals surface area (Å²) in [4.78, 5) is 24.1. The lowest BCUT2D eigenvalue weighted by atomic mass is 10.1. The lowest BCUT2D eigenvalue weighted by Gasteiger charge is -2.10. The molecule has 3 aromatic rings. The molecule has 0 bridgehead atoms. The van der Waals surface area contributed by atoms with Gasteiger partial charge in [-0.2, -0.15) is 5.10 Å². The monoisotopic (exact) mass is 436 g/mol. The zero-order valence-corrected chi connectivity index (χ0v) is 17.8. The van der Waals surface area contributed by atoms with E-state index in [1.54, 1.807) is 48.5 Å². The van der Waals surface area contributed by atoms with E-state index in [2.05, 4.69) is 10.5 Å². The molecule has 31 heavy (non-hydrogen) atoms. The number of halogens is 1. The van der Waals surface area contributed by atoms with Gasteiger partial charge in [0.25, 0.3) is 5.91 Å². The number of carbonyl (C=O) groups is 2. The smallest absolute Gasteiger partial charge is 0.343 e. The number of hydrogen-bond donors (Lipinski definition) is 1. The molecule has 0 aliphatic heterocycles. The average Bonchev–Trinajstić information content (AvgIpc) is 2.75. The summed E-state index contributed by atoms with van der Waals surface area (Å²) in [5.74, 6) is 0.246. The van der Waals surface area contributed by atoms with Crippen LogP contribution in [0.1, 0.15) is 27.0 Å². The largest absolute Gasteiger partial charge is 0.483 e. The molecule has 3 aromatic carbocycles. The standard InChI is InChI=1S/C24H21ClN2O4/c1-16-4-3-5-17(2)23(16)30-15-22(28)27-26-14-18-6-12-21(13-7-18)31-24(29)19-8-10-20(25)11-9-19/h3-14H,15H2,1-2H3,(H,27,28)/b26-14-. The van der Waals surface area contributed by atoms with Crippen LogP contribution < -0.4 is 14.9 Å². The SMILES string of the molecule is Cc1cccc(C)c1OCC(=O)N/N=C\c1ccc(OC(=O)c2ccc(Cl)cc2)cc1. The summed E-state index contributed by atoms with van der Waals surface area (Å²) in [5.41, 5.74) is 5.48. The van der Waals surface area contributed by atoms with Crippen LogP contribution in [0, 0.1) is 13.8 Å². The number of ether oxygens (including phenoxy) is 2. The molecule has 6 nitrogen and oxygen atoms in total. The van der Waals surface area contributed by atoms with Gasteiger partial charge in [-0.3, -0.25) is 4.79 Å². The van der Waals surface area contributed by atoms with E-state index in [-0.39, 0.29) is 12.5 Å². The lowest BCUT2D eigenvalue weighted by Crippen LogP contribution is -2.25. The molecular weight excluding hydrogens is 416 g/mol. The molecule has 0 aromatic heterocycles. The third kappa shape index (κ3) is 6.42. The van der Waals surface area contributed by atoms with Gasteiger partial charge in [0.15, 0.2) is 6.61 Å². The van der Waals surface area contributed by atoms with Gasteiger partial charge < -0.3 is 9.47 Å². The van der Waals surface area contributed by atoms with Gasteiger partial charge in [0.2, 0.25) is 0 Å². The van der Waals surface area contributed by atoms with Crippen LogP contribution in [0.15, 0.2) is 71.8 Å². The topological polar surface area (TPSA) is 77.0 Å². The number of nitrogens with one attached hydrogen (secondary N) is 1. The van der Waals surface area contributed by atoms with E-state index in [9.17, 15) is 9.59 Å². The Labute approximate surface area is 185 Å². The van der Waals surface area contributed by atoms with Crippen LogP contribution >= 0.6 is 11.6 Å². The first-order valence-electron chi connectivity index (χ1n) is 9.51. The molecule has 0 heterocycles. The molecule has 158 valence electrons. The van der Waals surface area contributed by atoms with Crippen molar-refractivity contribution in [2.45, 2.75) is 13.8 Å². The van der Waals surface area contributed by atoms with Crippen molar-refractivity contribution in [2.24, 2.45) is 5.10 Å². The molecule has 0 radical (unpaired) electrons. The van der Waals surface area contributed by atoms with Crippen LogP contribution in [-0.2, 0) is 4.79 Å². The number of para-hydroxylation sites is 1. The number of hydrazone groups is 1. The minimum absolute atomic E-state index is 0.136. The lowest BCUT2D eigenvalue weighted by molar-refractivity contribution is -0.123. The maximum absolute atomic E-state index is 12.1. The highest BCUT2D eigenvalue weighted by Crippen LogP contribution is 2.22. The minimum Gasteiger partial charge on any atom is -0.483 e. The minimum atomic E-state index is -0.478. The van der Waals surface area contributed by atoms with E-state index >= 15 is 0 Å². The van der Waals surface area contributed by atoms with Crippen molar-refractivity contribution in [3.8, 4) is 11.5 Å². The van der Waals surface area contributed by atoms with Gasteiger partial charge in [0.1, 0.15) is 11.5 Å². The summed E-state index contributed by atoms with van der Waals surface area (Å²) in [7, 11) is 0. The summed E-state index contributed by atoms with van der Waals surface area (Å²) < 4.78 is 10.9. The summed E-state index contributed by atoms with van der Waals surface area (Å²) in [6.07, 6.45) is 1.49. The highest BCUT2D eigenvalue weighted by molar-refractivity contribution is 6.30. The zero-order chi connectivity index (χ0) is 22.2. The normalized spacial score (nSPS) is 10.7. The van der Waals surface area contributed by atoms with Crippen molar-refractivity contribution in [3.05, 3.63) is 94.0 Å². The molecule has 0 atom stereocenters. The second-order valence-electron chi connectivity index (χ2n) is 6.77. The fourth-order valence-electron chi connectivity index (χ4n) is 2.75. The number of rotatable bonds is 7. The van der Waals surface area contributed by atoms with E-state index in [0.29, 0.717) is 22.1 Å². The van der Waals surface area contributed by atoms with Gasteiger partial charge in [-0.25, -0.2) is 10.2 Å². The average molecular weight is 437 g/mol. The Morgan fingerprint density at radius 1 is 0.968 bits per heavy atom. The van der Waals surface area contributed by atoms with E-state index in [4.69, 9.17) is 21.1 Å². The highest BCUT2D eigenvalue weighted by atomic mass is 35.5. The molecule has 0 fully saturated rings. The van der Waals surface area contributed by atoms with Crippen LogP contribution in [0.5, 0.6) is 11.5 Å². The Kier molecular flexibility index (Phi) is 7.40. The molecule has 1 N–H and O–H groups in total. The maximum Gasteiger partial charge on any atom is 0.343 e. The fourth-order valence-corrected chi connectivity index (χ4v) is 2.88. The molecular formula is C24H21ClN2O4. The number of esters is 1. The Hall–Kier alpha value is -3.64. The van der Waals surface area contributed by atoms with Gasteiger partial charge in [-0.1, -0.05) is 29.8 Å². The van der Waals surface area contributed by atoms with Crippen LogP contribution in [0.3, 0.4) is 0 Å². The molecule has 1 amide bonds. The van der Waals surface area contributed by atoms with E-state index < -0.39 is 5.97 Å². The highest BCUT2D eigenvalue weighted by Gasteiger charge is 2.09. The Morgan fingerprint density at radius 3 is 2.26 bits per heavy atom. The summed E-state index contributed by atoms with van der Waals surface area (Å²) in [6.45, 7) is 3.71. The summed E-state index contributed by atoms with van der Waals surface area (Å²) in [5, 5.41) is 4.47. The molecule has 0 aliphatic rings. The second kappa shape index (κ2) is 10.4. The number of benzene rings is 3. The number of aryl methyl sites for hydroxylation is 2. The van der Waals surface area contributed by atoms with Crippen molar-refractivity contribution in [2.75, 3.05) is 6.61 Å². The third-order valence-corrected chi connectivity index (χ3v) is 4.58. The van der Waals surface area contributed by atoms with Gasteiger partial charge in [0, 0.05) is 5.02 Å². The molecule has 0 saturated carbocycles. The Bertz CT molecular complexity index is 1070. The van der Waals surface area contributed by atoms with Crippen LogP contribution in [0.2, 0.25) is 5.02 Å². The van der Waals surface area contributed by atoms with Gasteiger partial charge in [-0.15, -0.1) is 0 Å². The molecule has 0 spiro atoms. The van der Waals surface area contributed by atoms with Gasteiger partial charge in [-0.05, 0) is 79.1 Å². The van der Waals surface area contributed by atoms with Crippen molar-refractivity contribution in [1.29, 1.82) is 0 Å². The number of amides is 1. The van der Waals surface area contributed by atoms with Crippen LogP contribution in [0.25, 0.3) is 0 Å². The van der Waals surface area contributed by atoms with E-state index in [1.165, 1.54) is 6.21 Å².